The van der Waals surface area contributed by atoms with Crippen LogP contribution in [0, 0.1) is 12.8 Å². The highest BCUT2D eigenvalue weighted by molar-refractivity contribution is 6.00. The first-order valence-electron chi connectivity index (χ1n) is 10.2. The molecular formula is C22H28N2O4. The summed E-state index contributed by atoms with van der Waals surface area (Å²) in [6.07, 6.45) is 3.24. The third kappa shape index (κ3) is 3.52. The number of benzene rings is 1. The van der Waals surface area contributed by atoms with Gasteiger partial charge in [-0.05, 0) is 31.9 Å². The van der Waals surface area contributed by atoms with Gasteiger partial charge < -0.3 is 14.5 Å². The summed E-state index contributed by atoms with van der Waals surface area (Å²) in [5.74, 6) is 1.10. The van der Waals surface area contributed by atoms with Crippen LogP contribution in [0.25, 0.3) is 0 Å². The third-order valence-corrected chi connectivity index (χ3v) is 6.52. The van der Waals surface area contributed by atoms with Crippen molar-refractivity contribution in [2.45, 2.75) is 51.6 Å². The van der Waals surface area contributed by atoms with E-state index in [9.17, 15) is 14.4 Å². The Morgan fingerprint density at radius 3 is 2.39 bits per heavy atom. The smallest absolute Gasteiger partial charge is 0.225 e. The van der Waals surface area contributed by atoms with Crippen LogP contribution in [0.15, 0.2) is 18.2 Å². The molecule has 0 bridgehead atoms. The summed E-state index contributed by atoms with van der Waals surface area (Å²) in [5, 5.41) is 0. The van der Waals surface area contributed by atoms with E-state index in [1.54, 1.807) is 6.92 Å². The molecule has 3 aliphatic rings. The van der Waals surface area contributed by atoms with Crippen molar-refractivity contribution in [2.75, 3.05) is 26.2 Å². The second kappa shape index (κ2) is 7.22. The average molecular weight is 384 g/mol. The minimum atomic E-state index is -0.478. The number of aryl methyl sites for hydroxylation is 1. The second-order valence-corrected chi connectivity index (χ2v) is 8.49. The van der Waals surface area contributed by atoms with Crippen molar-refractivity contribution in [3.63, 3.8) is 0 Å². The number of nitrogens with zero attached hydrogens (tertiary/aromatic N) is 2. The molecule has 0 aromatic heterocycles. The molecule has 0 saturated carbocycles. The number of hydrogen-bond acceptors (Lipinski definition) is 4. The monoisotopic (exact) mass is 384 g/mol. The highest BCUT2D eigenvalue weighted by Gasteiger charge is 2.44. The summed E-state index contributed by atoms with van der Waals surface area (Å²) in [5.41, 5.74) is 1.26. The Morgan fingerprint density at radius 1 is 1.07 bits per heavy atom. The molecule has 3 aliphatic heterocycles. The van der Waals surface area contributed by atoms with Crippen molar-refractivity contribution >= 4 is 17.6 Å². The van der Waals surface area contributed by atoms with E-state index in [4.69, 9.17) is 4.74 Å². The summed E-state index contributed by atoms with van der Waals surface area (Å²) < 4.78 is 6.30. The summed E-state index contributed by atoms with van der Waals surface area (Å²) in [4.78, 5) is 40.8. The summed E-state index contributed by atoms with van der Waals surface area (Å²) in [7, 11) is 0. The van der Waals surface area contributed by atoms with Crippen LogP contribution in [0.3, 0.4) is 0 Å². The zero-order valence-electron chi connectivity index (χ0n) is 16.7. The number of rotatable bonds is 1. The number of ether oxygens (including phenoxy) is 1. The van der Waals surface area contributed by atoms with Crippen LogP contribution in [-0.4, -0.2) is 59.2 Å². The molecule has 0 unspecified atom stereocenters. The van der Waals surface area contributed by atoms with E-state index in [0.29, 0.717) is 56.8 Å². The molecule has 2 amide bonds. The summed E-state index contributed by atoms with van der Waals surface area (Å²) >= 11 is 0. The van der Waals surface area contributed by atoms with E-state index in [1.807, 2.05) is 34.9 Å². The first kappa shape index (κ1) is 19.0. The Morgan fingerprint density at radius 2 is 1.75 bits per heavy atom. The van der Waals surface area contributed by atoms with Gasteiger partial charge in [0.2, 0.25) is 11.8 Å². The van der Waals surface area contributed by atoms with Crippen LogP contribution in [0.4, 0.5) is 0 Å². The van der Waals surface area contributed by atoms with Crippen molar-refractivity contribution in [1.29, 1.82) is 0 Å². The summed E-state index contributed by atoms with van der Waals surface area (Å²) in [6.45, 7) is 6.13. The number of carbonyl (C=O) groups is 3. The van der Waals surface area contributed by atoms with Gasteiger partial charge >= 0.3 is 0 Å². The van der Waals surface area contributed by atoms with Gasteiger partial charge in [-0.1, -0.05) is 11.6 Å². The normalized spacial score (nSPS) is 22.0. The number of fused-ring (bicyclic) bond motifs is 1. The van der Waals surface area contributed by atoms with Crippen LogP contribution in [-0.2, 0) is 9.59 Å². The molecule has 3 heterocycles. The highest BCUT2D eigenvalue weighted by Crippen LogP contribution is 2.40. The van der Waals surface area contributed by atoms with Gasteiger partial charge in [0, 0.05) is 51.9 Å². The standard InChI is InChI=1S/C22H28N2O4/c1-15-3-4-20-18(13-15)19(26)14-22(28-20)7-11-24(12-8-22)21(27)17-5-9-23(10-6-17)16(2)25/h3-4,13,17H,5-12,14H2,1-2H3. The number of carbonyl (C=O) groups excluding carboxylic acids is 3. The van der Waals surface area contributed by atoms with Crippen LogP contribution in [0.5, 0.6) is 5.75 Å². The Labute approximate surface area is 165 Å². The summed E-state index contributed by atoms with van der Waals surface area (Å²) in [6, 6.07) is 5.76. The molecule has 0 atom stereocenters. The fourth-order valence-corrected chi connectivity index (χ4v) is 4.72. The largest absolute Gasteiger partial charge is 0.486 e. The maximum Gasteiger partial charge on any atom is 0.225 e. The number of Topliss-reactive ketones (excluding diaryl/α,β-unsaturated/α-hetero) is 1. The number of ketones is 1. The number of hydrogen-bond donors (Lipinski definition) is 0. The van der Waals surface area contributed by atoms with E-state index in [2.05, 4.69) is 0 Å². The molecule has 150 valence electrons. The molecule has 0 N–H and O–H groups in total. The molecule has 0 aliphatic carbocycles. The zero-order valence-corrected chi connectivity index (χ0v) is 16.7. The maximum absolute atomic E-state index is 12.9. The lowest BCUT2D eigenvalue weighted by molar-refractivity contribution is -0.143. The number of piperidine rings is 2. The van der Waals surface area contributed by atoms with E-state index in [-0.39, 0.29) is 23.5 Å². The second-order valence-electron chi connectivity index (χ2n) is 8.49. The lowest BCUT2D eigenvalue weighted by Gasteiger charge is -2.45. The quantitative estimate of drug-likeness (QED) is 0.746. The van der Waals surface area contributed by atoms with E-state index in [0.717, 1.165) is 18.4 Å². The SMILES string of the molecule is CC(=O)N1CCC(C(=O)N2CCC3(CC2)CC(=O)c2cc(C)ccc2O3)CC1. The fraction of sp³-hybridized carbons (Fsp3) is 0.591. The van der Waals surface area contributed by atoms with Crippen molar-refractivity contribution in [2.24, 2.45) is 5.92 Å². The molecule has 2 fully saturated rings. The van der Waals surface area contributed by atoms with Gasteiger partial charge in [-0.15, -0.1) is 0 Å². The van der Waals surface area contributed by atoms with Gasteiger partial charge in [-0.3, -0.25) is 14.4 Å². The van der Waals surface area contributed by atoms with Crippen molar-refractivity contribution in [1.82, 2.24) is 9.80 Å². The van der Waals surface area contributed by atoms with Crippen LogP contribution in [0.1, 0.15) is 54.9 Å². The number of amides is 2. The van der Waals surface area contributed by atoms with Gasteiger partial charge in [0.15, 0.2) is 5.78 Å². The Kier molecular flexibility index (Phi) is 4.89. The molecule has 28 heavy (non-hydrogen) atoms. The van der Waals surface area contributed by atoms with Gasteiger partial charge in [0.1, 0.15) is 11.4 Å². The van der Waals surface area contributed by atoms with Crippen LogP contribution < -0.4 is 4.74 Å². The highest BCUT2D eigenvalue weighted by atomic mass is 16.5. The molecule has 6 heteroatoms. The van der Waals surface area contributed by atoms with Gasteiger partial charge in [0.05, 0.1) is 12.0 Å². The first-order chi connectivity index (χ1) is 13.4. The molecule has 1 spiro atoms. The van der Waals surface area contributed by atoms with Crippen LogP contribution in [0.2, 0.25) is 0 Å². The van der Waals surface area contributed by atoms with E-state index >= 15 is 0 Å². The first-order valence-corrected chi connectivity index (χ1v) is 10.2. The Balaban J connectivity index is 1.37. The fourth-order valence-electron chi connectivity index (χ4n) is 4.72. The Hall–Kier alpha value is -2.37. The minimum Gasteiger partial charge on any atom is -0.486 e. The Bertz CT molecular complexity index is 803. The van der Waals surface area contributed by atoms with Gasteiger partial charge in [-0.2, -0.15) is 0 Å². The maximum atomic E-state index is 12.9. The van der Waals surface area contributed by atoms with E-state index < -0.39 is 5.60 Å². The molecular weight excluding hydrogens is 356 g/mol. The van der Waals surface area contributed by atoms with Gasteiger partial charge in [0.25, 0.3) is 0 Å². The van der Waals surface area contributed by atoms with E-state index in [1.165, 1.54) is 0 Å². The van der Waals surface area contributed by atoms with Crippen molar-refractivity contribution in [3.8, 4) is 5.75 Å². The number of likely N-dealkylation sites (tertiary alicyclic amines) is 2. The lowest BCUT2D eigenvalue weighted by atomic mass is 9.81. The van der Waals surface area contributed by atoms with Crippen LogP contribution >= 0.6 is 0 Å². The lowest BCUT2D eigenvalue weighted by Crippen LogP contribution is -2.54. The molecule has 1 aromatic rings. The molecule has 1 aromatic carbocycles. The van der Waals surface area contributed by atoms with Crippen molar-refractivity contribution in [3.05, 3.63) is 29.3 Å². The average Bonchev–Trinajstić information content (AvgIpc) is 2.69. The topological polar surface area (TPSA) is 66.9 Å². The zero-order chi connectivity index (χ0) is 19.9. The molecule has 6 nitrogen and oxygen atoms in total. The minimum absolute atomic E-state index is 0.00209. The molecule has 2 saturated heterocycles. The van der Waals surface area contributed by atoms with Crippen molar-refractivity contribution < 1.29 is 19.1 Å². The third-order valence-electron chi connectivity index (χ3n) is 6.52. The van der Waals surface area contributed by atoms with Gasteiger partial charge in [-0.25, -0.2) is 0 Å². The molecule has 4 rings (SSSR count). The predicted octanol–water partition coefficient (Wildman–Crippen LogP) is 2.58. The predicted molar refractivity (Wildman–Crippen MR) is 104 cm³/mol. The molecule has 0 radical (unpaired) electrons.